The zero-order valence-electron chi connectivity index (χ0n) is 13.7. The zero-order valence-corrected chi connectivity index (χ0v) is 14.5. The molecule has 2 aromatic heterocycles. The summed E-state index contributed by atoms with van der Waals surface area (Å²) in [7, 11) is 0. The van der Waals surface area contributed by atoms with Gasteiger partial charge in [0.15, 0.2) is 0 Å². The summed E-state index contributed by atoms with van der Waals surface area (Å²) < 4.78 is 5.16. The smallest absolute Gasteiger partial charge is 0.270 e. The van der Waals surface area contributed by atoms with Crippen molar-refractivity contribution in [3.8, 4) is 0 Å². The van der Waals surface area contributed by atoms with Gasteiger partial charge in [0.1, 0.15) is 17.1 Å². The molecule has 132 valence electrons. The van der Waals surface area contributed by atoms with Crippen molar-refractivity contribution in [2.75, 3.05) is 0 Å². The van der Waals surface area contributed by atoms with E-state index in [2.05, 4.69) is 15.6 Å². The molecule has 26 heavy (non-hydrogen) atoms. The average Bonchev–Trinajstić information content (AvgIpc) is 3.19. The molecule has 2 amide bonds. The molecule has 3 rings (SSSR count). The van der Waals surface area contributed by atoms with Gasteiger partial charge < -0.3 is 15.1 Å². The molecule has 0 radical (unpaired) electrons. The largest absolute Gasteiger partial charge is 0.467 e. The number of nitrogens with one attached hydrogen (secondary N) is 2. The number of carbonyl (C=O) groups excluding carboxylic acids is 2. The third-order valence-corrected chi connectivity index (χ3v) is 3.98. The number of nitrogens with zero attached hydrogens (tertiary/aromatic N) is 1. The lowest BCUT2D eigenvalue weighted by atomic mass is 10.2. The van der Waals surface area contributed by atoms with E-state index >= 15 is 0 Å². The number of pyridine rings is 1. The summed E-state index contributed by atoms with van der Waals surface area (Å²) in [6.45, 7) is 0.519. The number of benzene rings is 1. The molecule has 0 unspecified atom stereocenters. The van der Waals surface area contributed by atoms with Gasteiger partial charge in [0.05, 0.1) is 12.8 Å². The lowest BCUT2D eigenvalue weighted by Gasteiger charge is -2.08. The fourth-order valence-corrected chi connectivity index (χ4v) is 2.47. The molecule has 0 aliphatic rings. The first-order valence-electron chi connectivity index (χ1n) is 7.93. The van der Waals surface area contributed by atoms with Gasteiger partial charge in [0.2, 0.25) is 0 Å². The molecule has 0 saturated carbocycles. The predicted molar refractivity (Wildman–Crippen MR) is 96.7 cm³/mol. The third kappa shape index (κ3) is 4.49. The van der Waals surface area contributed by atoms with Crippen molar-refractivity contribution in [3.63, 3.8) is 0 Å². The van der Waals surface area contributed by atoms with Crippen LogP contribution in [0.3, 0.4) is 0 Å². The molecule has 6 nitrogen and oxygen atoms in total. The van der Waals surface area contributed by atoms with E-state index in [1.54, 1.807) is 36.4 Å². The van der Waals surface area contributed by atoms with Crippen LogP contribution in [0.4, 0.5) is 0 Å². The first-order valence-corrected chi connectivity index (χ1v) is 8.30. The van der Waals surface area contributed by atoms with Gasteiger partial charge in [-0.15, -0.1) is 0 Å². The Morgan fingerprint density at radius 3 is 2.23 bits per heavy atom. The Labute approximate surface area is 155 Å². The van der Waals surface area contributed by atoms with Crippen molar-refractivity contribution >= 4 is 23.4 Å². The number of carbonyl (C=O) groups is 2. The van der Waals surface area contributed by atoms with Crippen LogP contribution in [0.5, 0.6) is 0 Å². The molecule has 0 saturated heterocycles. The van der Waals surface area contributed by atoms with E-state index in [1.807, 2.05) is 18.2 Å². The Bertz CT molecular complexity index is 910. The highest BCUT2D eigenvalue weighted by Crippen LogP contribution is 2.14. The number of aromatic nitrogens is 1. The summed E-state index contributed by atoms with van der Waals surface area (Å²) in [4.78, 5) is 28.6. The predicted octanol–water partition coefficient (Wildman–Crippen LogP) is 3.19. The Morgan fingerprint density at radius 1 is 0.885 bits per heavy atom. The van der Waals surface area contributed by atoms with Gasteiger partial charge in [-0.1, -0.05) is 35.9 Å². The van der Waals surface area contributed by atoms with Crippen LogP contribution in [0, 0.1) is 0 Å². The first kappa shape index (κ1) is 17.7. The van der Waals surface area contributed by atoms with Crippen LogP contribution in [0.2, 0.25) is 5.02 Å². The number of hydrogen-bond donors (Lipinski definition) is 2. The Morgan fingerprint density at radius 2 is 1.58 bits per heavy atom. The van der Waals surface area contributed by atoms with Gasteiger partial charge in [-0.3, -0.25) is 9.59 Å². The molecule has 0 aliphatic carbocycles. The summed E-state index contributed by atoms with van der Waals surface area (Å²) in [5.41, 5.74) is 1.11. The Kier molecular flexibility index (Phi) is 5.66. The zero-order chi connectivity index (χ0) is 18.4. The number of rotatable bonds is 6. The minimum absolute atomic E-state index is 0.155. The molecule has 0 aliphatic heterocycles. The highest BCUT2D eigenvalue weighted by atomic mass is 35.5. The highest BCUT2D eigenvalue weighted by Gasteiger charge is 2.13. The van der Waals surface area contributed by atoms with Gasteiger partial charge >= 0.3 is 0 Å². The van der Waals surface area contributed by atoms with Crippen LogP contribution in [0.1, 0.15) is 32.3 Å². The monoisotopic (exact) mass is 369 g/mol. The molecule has 0 bridgehead atoms. The number of amides is 2. The second-order valence-electron chi connectivity index (χ2n) is 5.44. The van der Waals surface area contributed by atoms with Crippen LogP contribution in [0.15, 0.2) is 65.3 Å². The lowest BCUT2D eigenvalue weighted by Crippen LogP contribution is -2.27. The molecular weight excluding hydrogens is 354 g/mol. The van der Waals surface area contributed by atoms with Crippen molar-refractivity contribution in [1.29, 1.82) is 0 Å². The van der Waals surface area contributed by atoms with Crippen LogP contribution >= 0.6 is 11.6 Å². The Hall–Kier alpha value is -3.12. The molecule has 7 heteroatoms. The molecular formula is C19H16ClN3O3. The van der Waals surface area contributed by atoms with E-state index in [-0.39, 0.29) is 36.3 Å². The Balaban J connectivity index is 1.61. The molecule has 3 aromatic rings. The average molecular weight is 370 g/mol. The fraction of sp³-hybridized carbons (Fsp3) is 0.105. The second-order valence-corrected chi connectivity index (χ2v) is 5.85. The van der Waals surface area contributed by atoms with Gasteiger partial charge in [-0.25, -0.2) is 4.98 Å². The van der Waals surface area contributed by atoms with Gasteiger partial charge in [0, 0.05) is 11.6 Å². The minimum atomic E-state index is -0.387. The summed E-state index contributed by atoms with van der Waals surface area (Å²) in [6.07, 6.45) is 1.53. The molecule has 2 N–H and O–H groups in total. The van der Waals surface area contributed by atoms with Crippen LogP contribution in [-0.2, 0) is 13.1 Å². The quantitative estimate of drug-likeness (QED) is 0.698. The van der Waals surface area contributed by atoms with Gasteiger partial charge in [-0.05, 0) is 35.9 Å². The van der Waals surface area contributed by atoms with E-state index < -0.39 is 0 Å². The standard InChI is InChI=1S/C19H16ClN3O3/c20-15-7-2-1-5-13(15)11-21-18(24)16-8-3-9-17(23-16)19(25)22-12-14-6-4-10-26-14/h1-10H,11-12H2,(H,21,24)(H,22,25). The second kappa shape index (κ2) is 8.31. The van der Waals surface area contributed by atoms with Gasteiger partial charge in [0.25, 0.3) is 11.8 Å². The van der Waals surface area contributed by atoms with Gasteiger partial charge in [-0.2, -0.15) is 0 Å². The number of halogens is 1. The SMILES string of the molecule is O=C(NCc1ccco1)c1cccc(C(=O)NCc2ccccc2Cl)n1. The first-order chi connectivity index (χ1) is 12.6. The van der Waals surface area contributed by atoms with Crippen LogP contribution < -0.4 is 10.6 Å². The summed E-state index contributed by atoms with van der Waals surface area (Å²) in [5.74, 6) is -0.139. The maximum Gasteiger partial charge on any atom is 0.270 e. The summed E-state index contributed by atoms with van der Waals surface area (Å²) in [5, 5.41) is 6.01. The molecule has 1 aromatic carbocycles. The maximum atomic E-state index is 12.3. The van der Waals surface area contributed by atoms with E-state index in [0.29, 0.717) is 10.8 Å². The van der Waals surface area contributed by atoms with Crippen molar-refractivity contribution in [1.82, 2.24) is 15.6 Å². The molecule has 0 atom stereocenters. The fourth-order valence-electron chi connectivity index (χ4n) is 2.27. The number of furan rings is 1. The summed E-state index contributed by atoms with van der Waals surface area (Å²) in [6, 6.07) is 15.4. The van der Waals surface area contributed by atoms with E-state index in [0.717, 1.165) is 5.56 Å². The van der Waals surface area contributed by atoms with E-state index in [9.17, 15) is 9.59 Å². The van der Waals surface area contributed by atoms with Crippen molar-refractivity contribution < 1.29 is 14.0 Å². The lowest BCUT2D eigenvalue weighted by molar-refractivity contribution is 0.0939. The molecule has 2 heterocycles. The molecule has 0 spiro atoms. The van der Waals surface area contributed by atoms with E-state index in [4.69, 9.17) is 16.0 Å². The van der Waals surface area contributed by atoms with Crippen molar-refractivity contribution in [2.45, 2.75) is 13.1 Å². The molecule has 0 fully saturated rings. The normalized spacial score (nSPS) is 10.3. The topological polar surface area (TPSA) is 84.2 Å². The van der Waals surface area contributed by atoms with Crippen molar-refractivity contribution in [2.24, 2.45) is 0 Å². The van der Waals surface area contributed by atoms with Crippen LogP contribution in [0.25, 0.3) is 0 Å². The summed E-state index contributed by atoms with van der Waals surface area (Å²) >= 11 is 6.07. The maximum absolute atomic E-state index is 12.3. The van der Waals surface area contributed by atoms with E-state index in [1.165, 1.54) is 6.26 Å². The number of hydrogen-bond acceptors (Lipinski definition) is 4. The van der Waals surface area contributed by atoms with Crippen molar-refractivity contribution in [3.05, 3.63) is 88.6 Å². The third-order valence-electron chi connectivity index (χ3n) is 3.61. The minimum Gasteiger partial charge on any atom is -0.467 e. The van der Waals surface area contributed by atoms with Crippen LogP contribution in [-0.4, -0.2) is 16.8 Å². The highest BCUT2D eigenvalue weighted by molar-refractivity contribution is 6.31.